The van der Waals surface area contributed by atoms with Crippen LogP contribution in [0.3, 0.4) is 0 Å². The van der Waals surface area contributed by atoms with Gasteiger partial charge >= 0.3 is 0 Å². The third-order valence-corrected chi connectivity index (χ3v) is 4.58. The molecule has 1 aliphatic heterocycles. The first-order valence-electron chi connectivity index (χ1n) is 8.01. The molecule has 3 rings (SSSR count). The molecular formula is C19H25N3. The molecule has 3 heteroatoms. The maximum absolute atomic E-state index is 5.80. The van der Waals surface area contributed by atoms with E-state index in [1.54, 1.807) is 0 Å². The number of benzene rings is 1. The van der Waals surface area contributed by atoms with Crippen molar-refractivity contribution < 1.29 is 0 Å². The summed E-state index contributed by atoms with van der Waals surface area (Å²) in [5.74, 6) is 0. The van der Waals surface area contributed by atoms with E-state index in [0.717, 1.165) is 17.9 Å². The van der Waals surface area contributed by atoms with Crippen LogP contribution in [0.15, 0.2) is 36.9 Å². The molecule has 2 N–H and O–H groups in total. The van der Waals surface area contributed by atoms with Crippen LogP contribution in [0, 0.1) is 13.8 Å². The molecule has 0 aliphatic carbocycles. The summed E-state index contributed by atoms with van der Waals surface area (Å²) in [5, 5.41) is 0. The van der Waals surface area contributed by atoms with Crippen LogP contribution in [-0.2, 0) is 0 Å². The third-order valence-electron chi connectivity index (χ3n) is 4.58. The number of aryl methyl sites for hydroxylation is 1. The Labute approximate surface area is 133 Å². The quantitative estimate of drug-likeness (QED) is 0.871. The zero-order valence-electron chi connectivity index (χ0n) is 13.6. The maximum Gasteiger partial charge on any atom is 0.0456 e. The highest BCUT2D eigenvalue weighted by Crippen LogP contribution is 2.27. The highest BCUT2D eigenvalue weighted by atomic mass is 15.1. The molecule has 0 amide bonds. The number of anilines is 1. The lowest BCUT2D eigenvalue weighted by atomic mass is 10.1. The van der Waals surface area contributed by atoms with Gasteiger partial charge in [0.15, 0.2) is 0 Å². The van der Waals surface area contributed by atoms with Gasteiger partial charge in [0.2, 0.25) is 0 Å². The first-order valence-corrected chi connectivity index (χ1v) is 8.01. The fourth-order valence-electron chi connectivity index (χ4n) is 3.44. The van der Waals surface area contributed by atoms with Crippen molar-refractivity contribution in [3.63, 3.8) is 0 Å². The second kappa shape index (κ2) is 6.01. The van der Waals surface area contributed by atoms with E-state index in [4.69, 9.17) is 5.73 Å². The zero-order chi connectivity index (χ0) is 15.7. The molecule has 0 radical (unpaired) electrons. The van der Waals surface area contributed by atoms with E-state index in [1.165, 1.54) is 48.5 Å². The highest BCUT2D eigenvalue weighted by molar-refractivity contribution is 5.68. The number of nitrogen functional groups attached to an aromatic ring is 1. The minimum Gasteiger partial charge on any atom is -0.399 e. The summed E-state index contributed by atoms with van der Waals surface area (Å²) in [5.41, 5.74) is 12.7. The Morgan fingerprint density at radius 1 is 1.14 bits per heavy atom. The Morgan fingerprint density at radius 2 is 1.77 bits per heavy atom. The molecular weight excluding hydrogens is 270 g/mol. The Kier molecular flexibility index (Phi) is 4.08. The smallest absolute Gasteiger partial charge is 0.0456 e. The number of nitrogens with two attached hydrogens (primary N) is 1. The molecule has 0 bridgehead atoms. The minimum absolute atomic E-state index is 0.796. The van der Waals surface area contributed by atoms with Gasteiger partial charge in [0, 0.05) is 29.3 Å². The summed E-state index contributed by atoms with van der Waals surface area (Å²) in [6.45, 7) is 12.0. The Bertz CT molecular complexity index is 673. The lowest BCUT2D eigenvalue weighted by Gasteiger charge is -2.17. The van der Waals surface area contributed by atoms with Gasteiger partial charge in [-0.1, -0.05) is 6.58 Å². The van der Waals surface area contributed by atoms with Gasteiger partial charge in [-0.2, -0.15) is 0 Å². The zero-order valence-corrected chi connectivity index (χ0v) is 13.6. The van der Waals surface area contributed by atoms with Crippen molar-refractivity contribution in [3.05, 3.63) is 53.9 Å². The van der Waals surface area contributed by atoms with Gasteiger partial charge in [-0.05, 0) is 81.2 Å². The summed E-state index contributed by atoms with van der Waals surface area (Å²) in [4.78, 5) is 2.50. The van der Waals surface area contributed by atoms with Crippen molar-refractivity contribution in [2.75, 3.05) is 25.4 Å². The average Bonchev–Trinajstić information content (AvgIpc) is 3.09. The lowest BCUT2D eigenvalue weighted by molar-refractivity contribution is 0.383. The van der Waals surface area contributed by atoms with Crippen molar-refractivity contribution in [3.8, 4) is 5.69 Å². The van der Waals surface area contributed by atoms with Crippen LogP contribution >= 0.6 is 0 Å². The van der Waals surface area contributed by atoms with Gasteiger partial charge in [-0.25, -0.2) is 0 Å². The fourth-order valence-corrected chi connectivity index (χ4v) is 3.44. The topological polar surface area (TPSA) is 34.2 Å². The van der Waals surface area contributed by atoms with Crippen molar-refractivity contribution in [2.45, 2.75) is 26.7 Å². The van der Waals surface area contributed by atoms with Crippen LogP contribution in [0.25, 0.3) is 11.3 Å². The second-order valence-corrected chi connectivity index (χ2v) is 6.30. The molecule has 0 atom stereocenters. The minimum atomic E-state index is 0.796. The molecule has 2 heterocycles. The highest BCUT2D eigenvalue weighted by Gasteiger charge is 2.17. The Balaban J connectivity index is 1.89. The molecule has 1 fully saturated rings. The van der Waals surface area contributed by atoms with Gasteiger partial charge in [0.25, 0.3) is 0 Å². The van der Waals surface area contributed by atoms with E-state index in [-0.39, 0.29) is 0 Å². The lowest BCUT2D eigenvalue weighted by Crippen LogP contribution is -2.21. The van der Waals surface area contributed by atoms with Crippen LogP contribution in [0.2, 0.25) is 0 Å². The van der Waals surface area contributed by atoms with Gasteiger partial charge < -0.3 is 10.3 Å². The van der Waals surface area contributed by atoms with E-state index in [2.05, 4.69) is 48.1 Å². The second-order valence-electron chi connectivity index (χ2n) is 6.30. The first kappa shape index (κ1) is 14.9. The Hall–Kier alpha value is -2.00. The normalized spacial score (nSPS) is 15.4. The van der Waals surface area contributed by atoms with Crippen LogP contribution < -0.4 is 5.73 Å². The fraction of sp³-hybridized carbons (Fsp3) is 0.368. The third kappa shape index (κ3) is 2.81. The molecule has 3 nitrogen and oxygen atoms in total. The molecule has 2 aromatic rings. The number of hydrogen-bond donors (Lipinski definition) is 1. The molecule has 0 unspecified atom stereocenters. The summed E-state index contributed by atoms with van der Waals surface area (Å²) >= 11 is 0. The van der Waals surface area contributed by atoms with Crippen molar-refractivity contribution in [1.82, 2.24) is 9.47 Å². The molecule has 116 valence electrons. The average molecular weight is 295 g/mol. The summed E-state index contributed by atoms with van der Waals surface area (Å²) in [7, 11) is 0. The van der Waals surface area contributed by atoms with Crippen LogP contribution in [0.4, 0.5) is 5.69 Å². The van der Waals surface area contributed by atoms with Crippen LogP contribution in [0.1, 0.15) is 29.8 Å². The van der Waals surface area contributed by atoms with E-state index < -0.39 is 0 Å². The predicted molar refractivity (Wildman–Crippen MR) is 94.4 cm³/mol. The number of hydrogen-bond acceptors (Lipinski definition) is 2. The van der Waals surface area contributed by atoms with E-state index >= 15 is 0 Å². The first-order chi connectivity index (χ1) is 10.6. The maximum atomic E-state index is 5.80. The molecule has 0 spiro atoms. The summed E-state index contributed by atoms with van der Waals surface area (Å²) in [6, 6.07) is 10.3. The number of aromatic nitrogens is 1. The molecule has 0 saturated carbocycles. The standard InChI is InChI=1S/C19H25N3/c1-14(13-21-10-4-5-11-21)19-12-15(2)22(16(19)3)18-8-6-17(20)7-9-18/h6-9,12H,1,4-5,10-11,13,20H2,2-3H3. The van der Waals surface area contributed by atoms with Crippen molar-refractivity contribution >= 4 is 11.3 Å². The van der Waals surface area contributed by atoms with E-state index in [9.17, 15) is 0 Å². The SMILES string of the molecule is C=C(CN1CCCC1)c1cc(C)n(-c2ccc(N)cc2)c1C. The van der Waals surface area contributed by atoms with Gasteiger partial charge in [0.1, 0.15) is 0 Å². The van der Waals surface area contributed by atoms with E-state index in [0.29, 0.717) is 0 Å². The molecule has 1 aliphatic rings. The monoisotopic (exact) mass is 295 g/mol. The van der Waals surface area contributed by atoms with Gasteiger partial charge in [-0.15, -0.1) is 0 Å². The van der Waals surface area contributed by atoms with Gasteiger partial charge in [-0.3, -0.25) is 4.90 Å². The van der Waals surface area contributed by atoms with E-state index in [1.807, 2.05) is 12.1 Å². The number of nitrogens with zero attached hydrogens (tertiary/aromatic N) is 2. The molecule has 1 aromatic heterocycles. The number of rotatable bonds is 4. The molecule has 22 heavy (non-hydrogen) atoms. The summed E-state index contributed by atoms with van der Waals surface area (Å²) < 4.78 is 2.28. The largest absolute Gasteiger partial charge is 0.399 e. The predicted octanol–water partition coefficient (Wildman–Crippen LogP) is 3.79. The van der Waals surface area contributed by atoms with Crippen LogP contribution in [-0.4, -0.2) is 29.1 Å². The van der Waals surface area contributed by atoms with Crippen LogP contribution in [0.5, 0.6) is 0 Å². The Morgan fingerprint density at radius 3 is 2.41 bits per heavy atom. The molecule has 1 aromatic carbocycles. The molecule has 1 saturated heterocycles. The van der Waals surface area contributed by atoms with Gasteiger partial charge in [0.05, 0.1) is 0 Å². The summed E-state index contributed by atoms with van der Waals surface area (Å²) in [6.07, 6.45) is 2.63. The number of likely N-dealkylation sites (tertiary alicyclic amines) is 1. The van der Waals surface area contributed by atoms with Crippen molar-refractivity contribution in [1.29, 1.82) is 0 Å². The van der Waals surface area contributed by atoms with Crippen molar-refractivity contribution in [2.24, 2.45) is 0 Å².